The van der Waals surface area contributed by atoms with Crippen LogP contribution in [-0.2, 0) is 16.6 Å². The zero-order chi connectivity index (χ0) is 19.8. The Bertz CT molecular complexity index is 1110. The lowest BCUT2D eigenvalue weighted by Gasteiger charge is -2.11. The molecule has 9 heteroatoms. The fraction of sp³-hybridized carbons (Fsp3) is 0.167. The number of aryl methyl sites for hydroxylation is 1. The molecule has 0 aliphatic rings. The third-order valence-corrected chi connectivity index (χ3v) is 6.53. The van der Waals surface area contributed by atoms with Crippen LogP contribution in [-0.4, -0.2) is 18.2 Å². The van der Waals surface area contributed by atoms with Crippen molar-refractivity contribution < 1.29 is 17.2 Å². The van der Waals surface area contributed by atoms with Gasteiger partial charge in [-0.1, -0.05) is 12.1 Å². The highest BCUT2D eigenvalue weighted by Gasteiger charge is 2.20. The number of hydrogen-bond donors (Lipinski definition) is 1. The number of nitrogens with one attached hydrogen (secondary N) is 1. The summed E-state index contributed by atoms with van der Waals surface area (Å²) >= 11 is 3.46. The van der Waals surface area contributed by atoms with Gasteiger partial charge in [0.2, 0.25) is 0 Å². The molecule has 0 aliphatic heterocycles. The Kier molecular flexibility index (Phi) is 5.34. The van der Waals surface area contributed by atoms with Crippen molar-refractivity contribution in [2.24, 2.45) is 0 Å². The number of nitrogens with zero attached hydrogens (tertiary/aromatic N) is 2. The van der Waals surface area contributed by atoms with Crippen LogP contribution in [0.25, 0.3) is 0 Å². The van der Waals surface area contributed by atoms with E-state index in [1.807, 2.05) is 19.9 Å². The van der Waals surface area contributed by atoms with Gasteiger partial charge in [-0.25, -0.2) is 17.2 Å². The summed E-state index contributed by atoms with van der Waals surface area (Å²) < 4.78 is 56.9. The molecule has 1 aromatic heterocycles. The fourth-order valence-corrected chi connectivity index (χ4v) is 4.05. The van der Waals surface area contributed by atoms with Crippen molar-refractivity contribution in [1.82, 2.24) is 9.78 Å². The van der Waals surface area contributed by atoms with E-state index in [4.69, 9.17) is 0 Å². The molecule has 0 saturated heterocycles. The smallest absolute Gasteiger partial charge is 0.264 e. The molecule has 27 heavy (non-hydrogen) atoms. The summed E-state index contributed by atoms with van der Waals surface area (Å²) in [5.41, 5.74) is 2.84. The monoisotopic (exact) mass is 455 g/mol. The average molecular weight is 456 g/mol. The Balaban J connectivity index is 1.87. The third-order valence-electron chi connectivity index (χ3n) is 3.99. The first-order valence-corrected chi connectivity index (χ1v) is 10.2. The summed E-state index contributed by atoms with van der Waals surface area (Å²) in [6.07, 6.45) is 0. The van der Waals surface area contributed by atoms with Gasteiger partial charge in [-0.2, -0.15) is 5.10 Å². The van der Waals surface area contributed by atoms with E-state index in [0.717, 1.165) is 33.6 Å². The first kappa shape index (κ1) is 19.5. The summed E-state index contributed by atoms with van der Waals surface area (Å²) in [6, 6.07) is 8.95. The standard InChI is InChI=1S/C18H16BrF2N3O2S/c1-11-18(19)12(2)24(22-11)10-13-4-3-5-15(8-13)23-27(25,26)17-9-14(20)6-7-16(17)21/h3-9,23H,10H2,1-2H3. The van der Waals surface area contributed by atoms with Crippen LogP contribution in [0.5, 0.6) is 0 Å². The van der Waals surface area contributed by atoms with Crippen LogP contribution in [0.15, 0.2) is 51.8 Å². The van der Waals surface area contributed by atoms with Gasteiger partial charge in [0, 0.05) is 5.69 Å². The van der Waals surface area contributed by atoms with Crippen LogP contribution in [0, 0.1) is 25.5 Å². The van der Waals surface area contributed by atoms with E-state index in [1.165, 1.54) is 6.07 Å². The highest BCUT2D eigenvalue weighted by atomic mass is 79.9. The van der Waals surface area contributed by atoms with Gasteiger partial charge in [0.25, 0.3) is 10.0 Å². The maximum atomic E-state index is 13.8. The van der Waals surface area contributed by atoms with Gasteiger partial charge in [0.1, 0.15) is 16.5 Å². The van der Waals surface area contributed by atoms with Crippen molar-refractivity contribution in [2.75, 3.05) is 4.72 Å². The third kappa shape index (κ3) is 4.19. The van der Waals surface area contributed by atoms with Gasteiger partial charge >= 0.3 is 0 Å². The Labute approximate surface area is 164 Å². The summed E-state index contributed by atoms with van der Waals surface area (Å²) in [6.45, 7) is 4.23. The zero-order valence-corrected chi connectivity index (χ0v) is 16.9. The fourth-order valence-electron chi connectivity index (χ4n) is 2.63. The summed E-state index contributed by atoms with van der Waals surface area (Å²) in [5, 5.41) is 4.42. The predicted molar refractivity (Wildman–Crippen MR) is 102 cm³/mol. The van der Waals surface area contributed by atoms with E-state index in [2.05, 4.69) is 25.8 Å². The number of benzene rings is 2. The van der Waals surface area contributed by atoms with E-state index < -0.39 is 26.6 Å². The average Bonchev–Trinajstić information content (AvgIpc) is 2.84. The SMILES string of the molecule is Cc1nn(Cc2cccc(NS(=O)(=O)c3cc(F)ccc3F)c2)c(C)c1Br. The molecular weight excluding hydrogens is 440 g/mol. The van der Waals surface area contributed by atoms with Crippen LogP contribution in [0.2, 0.25) is 0 Å². The second-order valence-corrected chi connectivity index (χ2v) is 8.47. The van der Waals surface area contributed by atoms with Crippen LogP contribution >= 0.6 is 15.9 Å². The number of sulfonamides is 1. The number of rotatable bonds is 5. The zero-order valence-electron chi connectivity index (χ0n) is 14.5. The molecule has 0 spiro atoms. The van der Waals surface area contributed by atoms with E-state index >= 15 is 0 Å². The maximum absolute atomic E-state index is 13.8. The number of halogens is 3. The topological polar surface area (TPSA) is 64.0 Å². The minimum absolute atomic E-state index is 0.247. The first-order chi connectivity index (χ1) is 12.7. The van der Waals surface area contributed by atoms with Crippen molar-refractivity contribution in [1.29, 1.82) is 0 Å². The molecule has 3 rings (SSSR count). The summed E-state index contributed by atoms with van der Waals surface area (Å²) in [5.74, 6) is -1.85. The van der Waals surface area contributed by atoms with Crippen LogP contribution < -0.4 is 4.72 Å². The first-order valence-electron chi connectivity index (χ1n) is 7.93. The minimum atomic E-state index is -4.26. The molecule has 0 atom stereocenters. The van der Waals surface area contributed by atoms with Crippen LogP contribution in [0.4, 0.5) is 14.5 Å². The molecule has 0 saturated carbocycles. The van der Waals surface area contributed by atoms with E-state index in [9.17, 15) is 17.2 Å². The van der Waals surface area contributed by atoms with Crippen LogP contribution in [0.3, 0.4) is 0 Å². The Morgan fingerprint density at radius 1 is 1.15 bits per heavy atom. The molecule has 1 N–H and O–H groups in total. The van der Waals surface area contributed by atoms with Crippen molar-refractivity contribution in [3.8, 4) is 0 Å². The van der Waals surface area contributed by atoms with Gasteiger partial charge in [0.15, 0.2) is 0 Å². The lowest BCUT2D eigenvalue weighted by molar-refractivity contribution is 0.555. The lowest BCUT2D eigenvalue weighted by atomic mass is 10.2. The lowest BCUT2D eigenvalue weighted by Crippen LogP contribution is -2.15. The number of hydrogen-bond acceptors (Lipinski definition) is 3. The van der Waals surface area contributed by atoms with Crippen LogP contribution in [0.1, 0.15) is 17.0 Å². The highest BCUT2D eigenvalue weighted by molar-refractivity contribution is 9.10. The predicted octanol–water partition coefficient (Wildman–Crippen LogP) is 4.39. The maximum Gasteiger partial charge on any atom is 0.264 e. The molecule has 5 nitrogen and oxygen atoms in total. The summed E-state index contributed by atoms with van der Waals surface area (Å²) in [4.78, 5) is -0.740. The Hall–Kier alpha value is -2.26. The molecule has 0 fully saturated rings. The molecule has 142 valence electrons. The Morgan fingerprint density at radius 3 is 2.56 bits per heavy atom. The molecule has 0 unspecified atom stereocenters. The normalized spacial score (nSPS) is 11.6. The molecule has 0 radical (unpaired) electrons. The molecule has 0 amide bonds. The van der Waals surface area contributed by atoms with Crippen molar-refractivity contribution in [3.63, 3.8) is 0 Å². The second kappa shape index (κ2) is 7.40. The highest BCUT2D eigenvalue weighted by Crippen LogP contribution is 2.23. The minimum Gasteiger partial charge on any atom is -0.280 e. The van der Waals surface area contributed by atoms with Gasteiger partial charge in [-0.05, 0) is 65.7 Å². The quantitative estimate of drug-likeness (QED) is 0.620. The number of aromatic nitrogens is 2. The van der Waals surface area contributed by atoms with E-state index in [1.54, 1.807) is 16.8 Å². The second-order valence-electron chi connectivity index (χ2n) is 6.02. The Morgan fingerprint density at radius 2 is 1.89 bits per heavy atom. The summed E-state index contributed by atoms with van der Waals surface area (Å²) in [7, 11) is -4.26. The van der Waals surface area contributed by atoms with Crippen molar-refractivity contribution in [3.05, 3.63) is 75.5 Å². The van der Waals surface area contributed by atoms with E-state index in [0.29, 0.717) is 12.6 Å². The molecule has 0 aliphatic carbocycles. The largest absolute Gasteiger partial charge is 0.280 e. The molecule has 0 bridgehead atoms. The van der Waals surface area contributed by atoms with Gasteiger partial charge in [0.05, 0.1) is 22.4 Å². The van der Waals surface area contributed by atoms with Crippen molar-refractivity contribution >= 4 is 31.6 Å². The van der Waals surface area contributed by atoms with Crippen molar-refractivity contribution in [2.45, 2.75) is 25.3 Å². The molecule has 3 aromatic rings. The molecule has 1 heterocycles. The van der Waals surface area contributed by atoms with Gasteiger partial charge in [-0.3, -0.25) is 9.40 Å². The molecule has 2 aromatic carbocycles. The van der Waals surface area contributed by atoms with Gasteiger partial charge in [-0.15, -0.1) is 0 Å². The number of anilines is 1. The van der Waals surface area contributed by atoms with E-state index in [-0.39, 0.29) is 5.69 Å². The van der Waals surface area contributed by atoms with Gasteiger partial charge < -0.3 is 0 Å². The molecular formula is C18H16BrF2N3O2S.